The third-order valence-corrected chi connectivity index (χ3v) is 4.48. The Kier molecular flexibility index (Phi) is 6.52. The minimum Gasteiger partial charge on any atom is -0.494 e. The van der Waals surface area contributed by atoms with Crippen molar-refractivity contribution in [2.75, 3.05) is 26.3 Å². The lowest BCUT2D eigenvalue weighted by molar-refractivity contribution is -0.145. The second-order valence-electron chi connectivity index (χ2n) is 6.98. The van der Waals surface area contributed by atoms with E-state index in [1.54, 1.807) is 11.0 Å². The van der Waals surface area contributed by atoms with Gasteiger partial charge in [-0.15, -0.1) is 0 Å². The first-order chi connectivity index (χ1) is 13.4. The number of rotatable bonds is 6. The summed E-state index contributed by atoms with van der Waals surface area (Å²) in [6, 6.07) is 11.9. The maximum absolute atomic E-state index is 14.1. The fraction of sp³-hybridized carbons (Fsp3) is 0.409. The topological polar surface area (TPSA) is 48.0 Å². The van der Waals surface area contributed by atoms with Crippen LogP contribution in [0.25, 0.3) is 11.1 Å². The van der Waals surface area contributed by atoms with Crippen LogP contribution in [0.3, 0.4) is 0 Å². The molecule has 0 aliphatic carbocycles. The standard InChI is InChI=1S/C22H26FNO4/c1-4-26-20-7-5-6-17(9-20)18-8-19(23)11-21(10-18)27-14-22(25)24-12-15(2)28-16(3)13-24/h5-11,15-16H,4,12-14H2,1-3H3/t15-,16+. The molecule has 1 amide bonds. The predicted molar refractivity (Wildman–Crippen MR) is 105 cm³/mol. The van der Waals surface area contributed by atoms with Gasteiger partial charge in [0.1, 0.15) is 17.3 Å². The summed E-state index contributed by atoms with van der Waals surface area (Å²) in [5.41, 5.74) is 1.48. The molecule has 1 aliphatic rings. The quantitative estimate of drug-likeness (QED) is 0.754. The van der Waals surface area contributed by atoms with Gasteiger partial charge in [-0.2, -0.15) is 0 Å². The first kappa shape index (κ1) is 20.1. The maximum atomic E-state index is 14.1. The number of morpholine rings is 1. The first-order valence-corrected chi connectivity index (χ1v) is 9.54. The van der Waals surface area contributed by atoms with E-state index in [0.717, 1.165) is 11.3 Å². The molecule has 1 aliphatic heterocycles. The van der Waals surface area contributed by atoms with Crippen LogP contribution in [0.2, 0.25) is 0 Å². The van der Waals surface area contributed by atoms with E-state index >= 15 is 0 Å². The van der Waals surface area contributed by atoms with Gasteiger partial charge in [0.15, 0.2) is 6.61 Å². The summed E-state index contributed by atoms with van der Waals surface area (Å²) in [6.45, 7) is 7.27. The fourth-order valence-electron chi connectivity index (χ4n) is 3.36. The zero-order valence-corrected chi connectivity index (χ0v) is 16.5. The smallest absolute Gasteiger partial charge is 0.260 e. The molecule has 1 fully saturated rings. The molecular weight excluding hydrogens is 361 g/mol. The molecule has 2 aromatic rings. The van der Waals surface area contributed by atoms with E-state index in [-0.39, 0.29) is 24.7 Å². The van der Waals surface area contributed by atoms with Crippen molar-refractivity contribution in [1.82, 2.24) is 4.90 Å². The number of halogens is 1. The lowest BCUT2D eigenvalue weighted by Crippen LogP contribution is -2.49. The molecule has 0 saturated carbocycles. The number of amides is 1. The van der Waals surface area contributed by atoms with Crippen LogP contribution in [0, 0.1) is 5.82 Å². The van der Waals surface area contributed by atoms with Gasteiger partial charge in [-0.25, -0.2) is 4.39 Å². The average Bonchev–Trinajstić information content (AvgIpc) is 2.65. The van der Waals surface area contributed by atoms with E-state index in [9.17, 15) is 9.18 Å². The molecule has 0 radical (unpaired) electrons. The van der Waals surface area contributed by atoms with E-state index in [1.807, 2.05) is 45.0 Å². The average molecular weight is 387 g/mol. The van der Waals surface area contributed by atoms with Crippen LogP contribution >= 0.6 is 0 Å². The molecule has 0 N–H and O–H groups in total. The molecule has 0 unspecified atom stereocenters. The molecule has 0 aromatic heterocycles. The Morgan fingerprint density at radius 3 is 2.50 bits per heavy atom. The van der Waals surface area contributed by atoms with Crippen molar-refractivity contribution in [3.8, 4) is 22.6 Å². The van der Waals surface area contributed by atoms with Crippen molar-refractivity contribution in [3.63, 3.8) is 0 Å². The highest BCUT2D eigenvalue weighted by Crippen LogP contribution is 2.28. The lowest BCUT2D eigenvalue weighted by Gasteiger charge is -2.35. The Bertz CT molecular complexity index is 816. The summed E-state index contributed by atoms with van der Waals surface area (Å²) < 4.78 is 30.9. The molecule has 0 bridgehead atoms. The molecule has 28 heavy (non-hydrogen) atoms. The van der Waals surface area contributed by atoms with E-state index in [4.69, 9.17) is 14.2 Å². The second kappa shape index (κ2) is 9.06. The Labute approximate surface area is 165 Å². The Balaban J connectivity index is 1.70. The zero-order valence-electron chi connectivity index (χ0n) is 16.5. The van der Waals surface area contributed by atoms with E-state index in [0.29, 0.717) is 31.0 Å². The highest BCUT2D eigenvalue weighted by Gasteiger charge is 2.26. The molecule has 5 nitrogen and oxygen atoms in total. The Morgan fingerprint density at radius 2 is 1.79 bits per heavy atom. The summed E-state index contributed by atoms with van der Waals surface area (Å²) in [5, 5.41) is 0. The molecule has 0 spiro atoms. The number of ether oxygens (including phenoxy) is 3. The lowest BCUT2D eigenvalue weighted by atomic mass is 10.0. The van der Waals surface area contributed by atoms with Gasteiger partial charge < -0.3 is 19.1 Å². The van der Waals surface area contributed by atoms with Gasteiger partial charge >= 0.3 is 0 Å². The molecular formula is C22H26FNO4. The number of hydrogen-bond donors (Lipinski definition) is 0. The summed E-state index contributed by atoms with van der Waals surface area (Å²) in [4.78, 5) is 14.2. The summed E-state index contributed by atoms with van der Waals surface area (Å²) in [6.07, 6.45) is -0.0165. The SMILES string of the molecule is CCOc1cccc(-c2cc(F)cc(OCC(=O)N3C[C@@H](C)O[C@@H](C)C3)c2)c1. The molecule has 6 heteroatoms. The van der Waals surface area contributed by atoms with Crippen LogP contribution in [0.15, 0.2) is 42.5 Å². The normalized spacial score (nSPS) is 19.4. The number of carbonyl (C=O) groups excluding carboxylic acids is 1. The maximum Gasteiger partial charge on any atom is 0.260 e. The molecule has 150 valence electrons. The van der Waals surface area contributed by atoms with E-state index in [1.165, 1.54) is 12.1 Å². The van der Waals surface area contributed by atoms with Gasteiger partial charge in [-0.3, -0.25) is 4.79 Å². The number of carbonyl (C=O) groups is 1. The van der Waals surface area contributed by atoms with Crippen LogP contribution in [-0.4, -0.2) is 49.3 Å². The van der Waals surface area contributed by atoms with Gasteiger partial charge in [0.2, 0.25) is 0 Å². The molecule has 2 aromatic carbocycles. The van der Waals surface area contributed by atoms with Crippen molar-refractivity contribution in [1.29, 1.82) is 0 Å². The summed E-state index contributed by atoms with van der Waals surface area (Å²) >= 11 is 0. The van der Waals surface area contributed by atoms with Crippen molar-refractivity contribution in [2.45, 2.75) is 33.0 Å². The van der Waals surface area contributed by atoms with Gasteiger partial charge in [0.25, 0.3) is 5.91 Å². The van der Waals surface area contributed by atoms with E-state index < -0.39 is 5.82 Å². The minimum absolute atomic E-state index is 0.00825. The molecule has 1 heterocycles. The minimum atomic E-state index is -0.421. The first-order valence-electron chi connectivity index (χ1n) is 9.54. The van der Waals surface area contributed by atoms with Crippen molar-refractivity contribution < 1.29 is 23.4 Å². The molecule has 3 rings (SSSR count). The summed E-state index contributed by atoms with van der Waals surface area (Å²) in [5.74, 6) is 0.485. The van der Waals surface area contributed by atoms with Gasteiger partial charge in [-0.1, -0.05) is 12.1 Å². The van der Waals surface area contributed by atoms with Gasteiger partial charge in [0.05, 0.1) is 18.8 Å². The number of hydrogen-bond acceptors (Lipinski definition) is 4. The number of nitrogens with zero attached hydrogens (tertiary/aromatic N) is 1. The van der Waals surface area contributed by atoms with Crippen molar-refractivity contribution >= 4 is 5.91 Å². The second-order valence-corrected chi connectivity index (χ2v) is 6.98. The monoisotopic (exact) mass is 387 g/mol. The molecule has 1 saturated heterocycles. The van der Waals surface area contributed by atoms with Gasteiger partial charge in [0, 0.05) is 19.2 Å². The van der Waals surface area contributed by atoms with Crippen LogP contribution in [0.4, 0.5) is 4.39 Å². The molecule has 2 atom stereocenters. The third kappa shape index (κ3) is 5.23. The van der Waals surface area contributed by atoms with Crippen LogP contribution in [-0.2, 0) is 9.53 Å². The van der Waals surface area contributed by atoms with Crippen LogP contribution < -0.4 is 9.47 Å². The Morgan fingerprint density at radius 1 is 1.07 bits per heavy atom. The largest absolute Gasteiger partial charge is 0.494 e. The fourth-order valence-corrected chi connectivity index (χ4v) is 3.36. The van der Waals surface area contributed by atoms with E-state index in [2.05, 4.69) is 0 Å². The van der Waals surface area contributed by atoms with Gasteiger partial charge in [-0.05, 0) is 56.2 Å². The Hall–Kier alpha value is -2.60. The van der Waals surface area contributed by atoms with Crippen LogP contribution in [0.1, 0.15) is 20.8 Å². The van der Waals surface area contributed by atoms with Crippen LogP contribution in [0.5, 0.6) is 11.5 Å². The van der Waals surface area contributed by atoms with Crippen molar-refractivity contribution in [2.24, 2.45) is 0 Å². The number of benzene rings is 2. The highest BCUT2D eigenvalue weighted by atomic mass is 19.1. The third-order valence-electron chi connectivity index (χ3n) is 4.48. The summed E-state index contributed by atoms with van der Waals surface area (Å²) in [7, 11) is 0. The van der Waals surface area contributed by atoms with Crippen molar-refractivity contribution in [3.05, 3.63) is 48.3 Å². The highest BCUT2D eigenvalue weighted by molar-refractivity contribution is 5.78. The zero-order chi connectivity index (χ0) is 20.1. The predicted octanol–water partition coefficient (Wildman–Crippen LogP) is 3.91.